The second kappa shape index (κ2) is 4.72. The number of methoxy groups -OCH3 is 1. The number of likely N-dealkylation sites (tertiary alicyclic amines) is 1. The van der Waals surface area contributed by atoms with Crippen LogP contribution < -0.4 is 4.74 Å². The largest absolute Gasteiger partial charge is 0.507 e. The highest BCUT2D eigenvalue weighted by atomic mass is 16.5. The average Bonchev–Trinajstić information content (AvgIpc) is 2.67. The van der Waals surface area contributed by atoms with Crippen LogP contribution in [-0.4, -0.2) is 41.4 Å². The predicted molar refractivity (Wildman–Crippen MR) is 60.6 cm³/mol. The lowest BCUT2D eigenvalue weighted by molar-refractivity contribution is 0.174. The van der Waals surface area contributed by atoms with Crippen LogP contribution in [0.15, 0.2) is 18.2 Å². The van der Waals surface area contributed by atoms with Gasteiger partial charge in [-0.1, -0.05) is 6.07 Å². The van der Waals surface area contributed by atoms with Crippen molar-refractivity contribution in [2.24, 2.45) is 0 Å². The van der Waals surface area contributed by atoms with E-state index in [2.05, 4.69) is 4.90 Å². The minimum absolute atomic E-state index is 0.222. The molecule has 2 N–H and O–H groups in total. The van der Waals surface area contributed by atoms with Crippen molar-refractivity contribution in [3.8, 4) is 11.5 Å². The van der Waals surface area contributed by atoms with Gasteiger partial charge in [0.05, 0.1) is 13.2 Å². The highest BCUT2D eigenvalue weighted by Gasteiger charge is 2.20. The van der Waals surface area contributed by atoms with Gasteiger partial charge in [-0.3, -0.25) is 4.90 Å². The van der Waals surface area contributed by atoms with Gasteiger partial charge in [-0.15, -0.1) is 0 Å². The number of aliphatic hydroxyl groups excluding tert-OH is 1. The number of benzene rings is 1. The van der Waals surface area contributed by atoms with Crippen LogP contribution in [0.1, 0.15) is 12.0 Å². The van der Waals surface area contributed by atoms with Gasteiger partial charge in [0.15, 0.2) is 0 Å². The minimum atomic E-state index is -0.222. The molecule has 0 bridgehead atoms. The molecule has 0 aliphatic carbocycles. The number of β-amino-alcohol motifs (C(OH)–C–C–N with tert-alkyl or cyclic N) is 1. The van der Waals surface area contributed by atoms with Crippen LogP contribution in [0.3, 0.4) is 0 Å². The van der Waals surface area contributed by atoms with Crippen LogP contribution in [0, 0.1) is 0 Å². The molecule has 1 fully saturated rings. The molecular formula is C12H17NO3. The third-order valence-corrected chi connectivity index (χ3v) is 2.93. The molecule has 1 aromatic carbocycles. The fourth-order valence-electron chi connectivity index (χ4n) is 2.00. The van der Waals surface area contributed by atoms with Gasteiger partial charge in [-0.25, -0.2) is 0 Å². The molecule has 1 aliphatic rings. The molecular weight excluding hydrogens is 206 g/mol. The van der Waals surface area contributed by atoms with Gasteiger partial charge in [0.1, 0.15) is 11.5 Å². The number of hydrogen-bond donors (Lipinski definition) is 2. The zero-order chi connectivity index (χ0) is 11.5. The van der Waals surface area contributed by atoms with Crippen LogP contribution in [0.5, 0.6) is 11.5 Å². The molecule has 0 unspecified atom stereocenters. The second-order valence-corrected chi connectivity index (χ2v) is 4.17. The Labute approximate surface area is 95.1 Å². The lowest BCUT2D eigenvalue weighted by atomic mass is 10.2. The second-order valence-electron chi connectivity index (χ2n) is 4.17. The average molecular weight is 223 g/mol. The maximum absolute atomic E-state index is 9.78. The fraction of sp³-hybridized carbons (Fsp3) is 0.500. The van der Waals surface area contributed by atoms with Gasteiger partial charge in [0, 0.05) is 31.3 Å². The van der Waals surface area contributed by atoms with E-state index in [1.54, 1.807) is 13.2 Å². The first-order chi connectivity index (χ1) is 7.69. The van der Waals surface area contributed by atoms with Gasteiger partial charge in [-0.05, 0) is 12.5 Å². The number of phenols is 1. The van der Waals surface area contributed by atoms with Crippen LogP contribution in [0.25, 0.3) is 0 Å². The Balaban J connectivity index is 2.04. The highest BCUT2D eigenvalue weighted by Crippen LogP contribution is 2.25. The third kappa shape index (κ3) is 2.46. The minimum Gasteiger partial charge on any atom is -0.507 e. The maximum atomic E-state index is 9.78. The first kappa shape index (κ1) is 11.2. The molecule has 1 saturated heterocycles. The quantitative estimate of drug-likeness (QED) is 0.801. The number of rotatable bonds is 3. The van der Waals surface area contributed by atoms with Crippen LogP contribution in [0.2, 0.25) is 0 Å². The molecule has 0 saturated carbocycles. The van der Waals surface area contributed by atoms with Crippen LogP contribution in [0.4, 0.5) is 0 Å². The van der Waals surface area contributed by atoms with Crippen molar-refractivity contribution in [3.05, 3.63) is 23.8 Å². The van der Waals surface area contributed by atoms with E-state index in [0.29, 0.717) is 18.8 Å². The molecule has 4 heteroatoms. The number of phenolic OH excluding ortho intramolecular Hbond substituents is 1. The number of hydrogen-bond acceptors (Lipinski definition) is 4. The van der Waals surface area contributed by atoms with E-state index >= 15 is 0 Å². The number of aliphatic hydroxyl groups is 1. The smallest absolute Gasteiger partial charge is 0.123 e. The van der Waals surface area contributed by atoms with Crippen molar-refractivity contribution in [2.75, 3.05) is 20.2 Å². The lowest BCUT2D eigenvalue weighted by Crippen LogP contribution is -2.21. The summed E-state index contributed by atoms with van der Waals surface area (Å²) >= 11 is 0. The van der Waals surface area contributed by atoms with Gasteiger partial charge < -0.3 is 14.9 Å². The van der Waals surface area contributed by atoms with Gasteiger partial charge in [-0.2, -0.15) is 0 Å². The zero-order valence-electron chi connectivity index (χ0n) is 9.39. The van der Waals surface area contributed by atoms with E-state index < -0.39 is 0 Å². The monoisotopic (exact) mass is 223 g/mol. The number of nitrogens with zero attached hydrogens (tertiary/aromatic N) is 1. The molecule has 4 nitrogen and oxygen atoms in total. The lowest BCUT2D eigenvalue weighted by Gasteiger charge is -2.16. The number of aromatic hydroxyl groups is 1. The molecule has 0 radical (unpaired) electrons. The SMILES string of the molecule is COc1ccc(CN2CC[C@H](O)C2)c(O)c1. The van der Waals surface area contributed by atoms with Crippen molar-refractivity contribution in [1.82, 2.24) is 4.90 Å². The molecule has 1 heterocycles. The molecule has 1 aromatic rings. The van der Waals surface area contributed by atoms with Gasteiger partial charge >= 0.3 is 0 Å². The summed E-state index contributed by atoms with van der Waals surface area (Å²) in [6, 6.07) is 5.31. The van der Waals surface area contributed by atoms with Crippen molar-refractivity contribution in [3.63, 3.8) is 0 Å². The van der Waals surface area contributed by atoms with Crippen molar-refractivity contribution in [2.45, 2.75) is 19.1 Å². The highest BCUT2D eigenvalue weighted by molar-refractivity contribution is 5.39. The summed E-state index contributed by atoms with van der Waals surface area (Å²) < 4.78 is 5.02. The summed E-state index contributed by atoms with van der Waals surface area (Å²) in [4.78, 5) is 2.13. The number of ether oxygens (including phenoxy) is 1. The first-order valence-corrected chi connectivity index (χ1v) is 5.45. The van der Waals surface area contributed by atoms with Crippen molar-refractivity contribution in [1.29, 1.82) is 0 Å². The Kier molecular flexibility index (Phi) is 3.31. The molecule has 2 rings (SSSR count). The Hall–Kier alpha value is -1.26. The fourth-order valence-corrected chi connectivity index (χ4v) is 2.00. The topological polar surface area (TPSA) is 52.9 Å². The summed E-state index contributed by atoms with van der Waals surface area (Å²) in [5, 5.41) is 19.2. The molecule has 0 spiro atoms. The predicted octanol–water partition coefficient (Wildman–Crippen LogP) is 0.967. The van der Waals surface area contributed by atoms with E-state index in [1.165, 1.54) is 0 Å². The molecule has 16 heavy (non-hydrogen) atoms. The Bertz CT molecular complexity index is 367. The van der Waals surface area contributed by atoms with Crippen molar-refractivity contribution < 1.29 is 14.9 Å². The Morgan fingerprint density at radius 2 is 2.31 bits per heavy atom. The van der Waals surface area contributed by atoms with E-state index in [0.717, 1.165) is 18.5 Å². The Morgan fingerprint density at radius 1 is 1.50 bits per heavy atom. The van der Waals surface area contributed by atoms with Gasteiger partial charge in [0.25, 0.3) is 0 Å². The summed E-state index contributed by atoms with van der Waals surface area (Å²) in [5.41, 5.74) is 0.870. The standard InChI is InChI=1S/C12H17NO3/c1-16-11-3-2-9(12(15)6-11)7-13-5-4-10(14)8-13/h2-3,6,10,14-15H,4-5,7-8H2,1H3/t10-/m0/s1. The van der Waals surface area contributed by atoms with E-state index in [-0.39, 0.29) is 11.9 Å². The molecule has 0 aromatic heterocycles. The molecule has 0 amide bonds. The van der Waals surface area contributed by atoms with Crippen LogP contribution in [-0.2, 0) is 6.54 Å². The van der Waals surface area contributed by atoms with Gasteiger partial charge in [0.2, 0.25) is 0 Å². The maximum Gasteiger partial charge on any atom is 0.123 e. The van der Waals surface area contributed by atoms with E-state index in [1.807, 2.05) is 12.1 Å². The summed E-state index contributed by atoms with van der Waals surface area (Å²) in [5.74, 6) is 0.906. The first-order valence-electron chi connectivity index (χ1n) is 5.45. The summed E-state index contributed by atoms with van der Waals surface area (Å²) in [7, 11) is 1.57. The third-order valence-electron chi connectivity index (χ3n) is 2.93. The molecule has 1 aliphatic heterocycles. The Morgan fingerprint density at radius 3 is 2.88 bits per heavy atom. The zero-order valence-corrected chi connectivity index (χ0v) is 9.39. The van der Waals surface area contributed by atoms with Crippen LogP contribution >= 0.6 is 0 Å². The van der Waals surface area contributed by atoms with Crippen molar-refractivity contribution >= 4 is 0 Å². The van der Waals surface area contributed by atoms with E-state index in [4.69, 9.17) is 4.74 Å². The molecule has 88 valence electrons. The normalized spacial score (nSPS) is 21.2. The molecule has 1 atom stereocenters. The summed E-state index contributed by atoms with van der Waals surface area (Å²) in [6.07, 6.45) is 0.595. The summed E-state index contributed by atoms with van der Waals surface area (Å²) in [6.45, 7) is 2.24. The van der Waals surface area contributed by atoms with E-state index in [9.17, 15) is 10.2 Å².